The summed E-state index contributed by atoms with van der Waals surface area (Å²) in [4.78, 5) is 3.68. The Bertz CT molecular complexity index is 563. The monoisotopic (exact) mass is 257 g/mol. The molecule has 1 aromatic carbocycles. The van der Waals surface area contributed by atoms with Crippen molar-refractivity contribution in [1.29, 1.82) is 0 Å². The predicted molar refractivity (Wildman–Crippen MR) is 56.3 cm³/mol. The van der Waals surface area contributed by atoms with E-state index in [2.05, 4.69) is 4.98 Å². The fraction of sp³-hybridized carbons (Fsp3) is 0.0833. The second-order valence-electron chi connectivity index (χ2n) is 3.57. The van der Waals surface area contributed by atoms with Crippen LogP contribution in [0.2, 0.25) is 0 Å². The first-order valence-corrected chi connectivity index (χ1v) is 4.90. The van der Waals surface area contributed by atoms with Crippen molar-refractivity contribution in [1.82, 2.24) is 4.98 Å². The molecule has 6 heteroatoms. The molecule has 0 fully saturated rings. The van der Waals surface area contributed by atoms with Crippen LogP contribution in [0.1, 0.15) is 5.56 Å². The summed E-state index contributed by atoms with van der Waals surface area (Å²) in [6.45, 7) is 0. The summed E-state index contributed by atoms with van der Waals surface area (Å²) in [5.41, 5.74) is -1.57. The average Bonchev–Trinajstić information content (AvgIpc) is 2.29. The van der Waals surface area contributed by atoms with E-state index >= 15 is 0 Å². The maximum absolute atomic E-state index is 13.7. The summed E-state index contributed by atoms with van der Waals surface area (Å²) >= 11 is 0. The van der Waals surface area contributed by atoms with Gasteiger partial charge in [0.15, 0.2) is 0 Å². The molecule has 0 aliphatic rings. The average molecular weight is 257 g/mol. The summed E-state index contributed by atoms with van der Waals surface area (Å²) in [6, 6.07) is 5.44. The van der Waals surface area contributed by atoms with Gasteiger partial charge in [0.25, 0.3) is 0 Å². The van der Waals surface area contributed by atoms with Crippen molar-refractivity contribution in [3.8, 4) is 17.0 Å². The molecule has 2 nitrogen and oxygen atoms in total. The van der Waals surface area contributed by atoms with Crippen molar-refractivity contribution in [2.24, 2.45) is 0 Å². The fourth-order valence-corrected chi connectivity index (χ4v) is 1.49. The Morgan fingerprint density at radius 1 is 1.06 bits per heavy atom. The van der Waals surface area contributed by atoms with Gasteiger partial charge in [0.2, 0.25) is 0 Å². The summed E-state index contributed by atoms with van der Waals surface area (Å²) in [7, 11) is 0. The minimum atomic E-state index is -4.75. The zero-order valence-electron chi connectivity index (χ0n) is 8.87. The van der Waals surface area contributed by atoms with Gasteiger partial charge in [-0.2, -0.15) is 13.2 Å². The number of hydrogen-bond donors (Lipinski definition) is 1. The zero-order valence-corrected chi connectivity index (χ0v) is 8.87. The van der Waals surface area contributed by atoms with E-state index in [0.717, 1.165) is 12.3 Å². The second-order valence-corrected chi connectivity index (χ2v) is 3.57. The number of aromatic nitrogens is 1. The summed E-state index contributed by atoms with van der Waals surface area (Å²) in [6.07, 6.45) is -3.72. The normalized spacial score (nSPS) is 11.6. The molecule has 2 aromatic rings. The van der Waals surface area contributed by atoms with E-state index in [-0.39, 0.29) is 17.0 Å². The number of benzene rings is 1. The molecule has 1 N–H and O–H groups in total. The van der Waals surface area contributed by atoms with Crippen molar-refractivity contribution in [3.63, 3.8) is 0 Å². The van der Waals surface area contributed by atoms with Gasteiger partial charge in [-0.05, 0) is 24.3 Å². The van der Waals surface area contributed by atoms with Crippen LogP contribution in [0, 0.1) is 5.82 Å². The Labute approximate surface area is 99.5 Å². The van der Waals surface area contributed by atoms with E-state index in [1.54, 1.807) is 0 Å². The van der Waals surface area contributed by atoms with Gasteiger partial charge < -0.3 is 5.11 Å². The fourth-order valence-electron chi connectivity index (χ4n) is 1.49. The van der Waals surface area contributed by atoms with Crippen LogP contribution >= 0.6 is 0 Å². The molecule has 2 rings (SSSR count). The van der Waals surface area contributed by atoms with Gasteiger partial charge in [-0.1, -0.05) is 6.07 Å². The maximum Gasteiger partial charge on any atom is 0.419 e. The largest absolute Gasteiger partial charge is 0.506 e. The number of pyridine rings is 1. The highest BCUT2D eigenvalue weighted by Crippen LogP contribution is 2.35. The van der Waals surface area contributed by atoms with Crippen LogP contribution in [-0.4, -0.2) is 10.1 Å². The number of nitrogens with zero attached hydrogens (tertiary/aromatic N) is 1. The van der Waals surface area contributed by atoms with Crippen LogP contribution in [-0.2, 0) is 6.18 Å². The van der Waals surface area contributed by atoms with E-state index in [0.29, 0.717) is 6.07 Å². The lowest BCUT2D eigenvalue weighted by Gasteiger charge is -2.10. The van der Waals surface area contributed by atoms with Gasteiger partial charge in [-0.15, -0.1) is 0 Å². The molecule has 94 valence electrons. The lowest BCUT2D eigenvalue weighted by atomic mass is 10.1. The lowest BCUT2D eigenvalue weighted by molar-refractivity contribution is -0.139. The smallest absolute Gasteiger partial charge is 0.419 e. The SMILES string of the molecule is Oc1ccc(-c2cccc(C(F)(F)F)c2F)nc1. The van der Waals surface area contributed by atoms with Crippen LogP contribution in [0.15, 0.2) is 36.5 Å². The number of rotatable bonds is 1. The molecule has 0 aliphatic heterocycles. The third-order valence-corrected chi connectivity index (χ3v) is 2.33. The van der Waals surface area contributed by atoms with Gasteiger partial charge in [-0.3, -0.25) is 4.98 Å². The molecular weight excluding hydrogens is 250 g/mol. The van der Waals surface area contributed by atoms with Crippen LogP contribution in [0.4, 0.5) is 17.6 Å². The third kappa shape index (κ3) is 2.27. The molecule has 0 unspecified atom stereocenters. The Hall–Kier alpha value is -2.11. The number of halogens is 4. The van der Waals surface area contributed by atoms with Crippen molar-refractivity contribution >= 4 is 0 Å². The van der Waals surface area contributed by atoms with Crippen molar-refractivity contribution in [2.75, 3.05) is 0 Å². The Balaban J connectivity index is 2.56. The molecule has 0 spiro atoms. The summed E-state index contributed by atoms with van der Waals surface area (Å²) in [5.74, 6) is -1.52. The van der Waals surface area contributed by atoms with Gasteiger partial charge in [0.1, 0.15) is 11.6 Å². The third-order valence-electron chi connectivity index (χ3n) is 2.33. The van der Waals surface area contributed by atoms with Crippen LogP contribution in [0.3, 0.4) is 0 Å². The van der Waals surface area contributed by atoms with E-state index in [4.69, 9.17) is 5.11 Å². The van der Waals surface area contributed by atoms with Crippen LogP contribution in [0.25, 0.3) is 11.3 Å². The van der Waals surface area contributed by atoms with E-state index < -0.39 is 17.6 Å². The van der Waals surface area contributed by atoms with Gasteiger partial charge in [0, 0.05) is 5.56 Å². The predicted octanol–water partition coefficient (Wildman–Crippen LogP) is 3.61. The minimum absolute atomic E-state index is 0.0244. The van der Waals surface area contributed by atoms with Crippen molar-refractivity contribution < 1.29 is 22.7 Å². The molecular formula is C12H7F4NO. The standard InChI is InChI=1S/C12H7F4NO/c13-11-8(10-5-4-7(18)6-17-10)2-1-3-9(11)12(14,15)16/h1-6,18H. The van der Waals surface area contributed by atoms with Gasteiger partial charge >= 0.3 is 6.18 Å². The molecule has 0 bridgehead atoms. The van der Waals surface area contributed by atoms with E-state index in [9.17, 15) is 17.6 Å². The maximum atomic E-state index is 13.7. The van der Waals surface area contributed by atoms with Crippen LogP contribution in [0.5, 0.6) is 5.75 Å². The van der Waals surface area contributed by atoms with E-state index in [1.807, 2.05) is 0 Å². The summed E-state index contributed by atoms with van der Waals surface area (Å²) in [5, 5.41) is 9.02. The Morgan fingerprint density at radius 3 is 2.33 bits per heavy atom. The molecule has 0 atom stereocenters. The van der Waals surface area contributed by atoms with Crippen LogP contribution < -0.4 is 0 Å². The van der Waals surface area contributed by atoms with Crippen molar-refractivity contribution in [2.45, 2.75) is 6.18 Å². The lowest BCUT2D eigenvalue weighted by Crippen LogP contribution is -2.08. The highest BCUT2D eigenvalue weighted by Gasteiger charge is 2.35. The first kappa shape index (κ1) is 12.3. The number of aromatic hydroxyl groups is 1. The Kier molecular flexibility index (Phi) is 2.94. The topological polar surface area (TPSA) is 33.1 Å². The quantitative estimate of drug-likeness (QED) is 0.791. The second kappa shape index (κ2) is 4.29. The first-order chi connectivity index (χ1) is 8.39. The molecule has 0 aliphatic carbocycles. The molecule has 0 saturated heterocycles. The Morgan fingerprint density at radius 2 is 1.78 bits per heavy atom. The summed E-state index contributed by atoms with van der Waals surface area (Å²) < 4.78 is 51.3. The first-order valence-electron chi connectivity index (χ1n) is 4.90. The molecule has 1 aromatic heterocycles. The van der Waals surface area contributed by atoms with Gasteiger partial charge in [-0.25, -0.2) is 4.39 Å². The molecule has 1 heterocycles. The molecule has 0 radical (unpaired) electrons. The van der Waals surface area contributed by atoms with Gasteiger partial charge in [0.05, 0.1) is 17.5 Å². The van der Waals surface area contributed by atoms with Crippen molar-refractivity contribution in [3.05, 3.63) is 47.9 Å². The number of hydrogen-bond acceptors (Lipinski definition) is 2. The zero-order chi connectivity index (χ0) is 13.3. The minimum Gasteiger partial charge on any atom is -0.506 e. The van der Waals surface area contributed by atoms with E-state index in [1.165, 1.54) is 18.2 Å². The molecule has 0 saturated carbocycles. The highest BCUT2D eigenvalue weighted by molar-refractivity contribution is 5.61. The molecule has 0 amide bonds. The highest BCUT2D eigenvalue weighted by atomic mass is 19.4. The number of alkyl halides is 3. The molecule has 18 heavy (non-hydrogen) atoms.